The van der Waals surface area contributed by atoms with Gasteiger partial charge in [-0.2, -0.15) is 0 Å². The summed E-state index contributed by atoms with van der Waals surface area (Å²) in [4.78, 5) is 24.5. The number of anilines is 1. The number of nitrogens with one attached hydrogen (secondary N) is 1. The van der Waals surface area contributed by atoms with E-state index in [1.165, 1.54) is 17.7 Å². The highest BCUT2D eigenvalue weighted by Gasteiger charge is 2.14. The zero-order valence-electron chi connectivity index (χ0n) is 17.9. The first-order valence-electron chi connectivity index (χ1n) is 9.92. The Morgan fingerprint density at radius 3 is 2.12 bits per heavy atom. The summed E-state index contributed by atoms with van der Waals surface area (Å²) < 4.78 is 10.8. The Bertz CT molecular complexity index is 1100. The fourth-order valence-electron chi connectivity index (χ4n) is 2.82. The zero-order valence-corrected chi connectivity index (χ0v) is 19.5. The van der Waals surface area contributed by atoms with E-state index in [1.54, 1.807) is 30.3 Å². The standard InChI is InChI=1S/C25H23Cl2NO4/c1-25(2,3)17-6-11-19(12-7-17)31-15-23(29)32-20-9-4-16(5-10-20)24(30)28-22-14-18(26)8-13-21(22)27/h4-14H,15H2,1-3H3,(H,28,30). The first kappa shape index (κ1) is 23.6. The molecule has 3 rings (SSSR count). The third-order valence-corrected chi connectivity index (χ3v) is 5.17. The lowest BCUT2D eigenvalue weighted by atomic mass is 9.87. The minimum absolute atomic E-state index is 0.0426. The third-order valence-electron chi connectivity index (χ3n) is 4.60. The molecule has 32 heavy (non-hydrogen) atoms. The van der Waals surface area contributed by atoms with Gasteiger partial charge in [-0.05, 0) is 65.6 Å². The predicted octanol–water partition coefficient (Wildman–Crippen LogP) is 6.53. The number of hydrogen-bond acceptors (Lipinski definition) is 4. The van der Waals surface area contributed by atoms with Gasteiger partial charge in [-0.1, -0.05) is 56.1 Å². The van der Waals surface area contributed by atoms with Crippen molar-refractivity contribution in [1.82, 2.24) is 0 Å². The largest absolute Gasteiger partial charge is 0.482 e. The van der Waals surface area contributed by atoms with Crippen LogP contribution in [0.4, 0.5) is 5.69 Å². The fraction of sp³-hybridized carbons (Fsp3) is 0.200. The van der Waals surface area contributed by atoms with Crippen LogP contribution in [0.15, 0.2) is 66.7 Å². The van der Waals surface area contributed by atoms with Gasteiger partial charge in [0.2, 0.25) is 0 Å². The molecule has 0 fully saturated rings. The third kappa shape index (κ3) is 6.49. The first-order chi connectivity index (χ1) is 15.1. The second-order valence-corrected chi connectivity index (χ2v) is 8.98. The normalized spacial score (nSPS) is 11.0. The number of esters is 1. The van der Waals surface area contributed by atoms with E-state index in [-0.39, 0.29) is 17.9 Å². The molecule has 166 valence electrons. The number of carbonyl (C=O) groups is 2. The van der Waals surface area contributed by atoms with E-state index >= 15 is 0 Å². The lowest BCUT2D eigenvalue weighted by molar-refractivity contribution is -0.136. The summed E-state index contributed by atoms with van der Waals surface area (Å²) in [6.45, 7) is 6.15. The molecule has 0 spiro atoms. The van der Waals surface area contributed by atoms with E-state index in [9.17, 15) is 9.59 Å². The van der Waals surface area contributed by atoms with Crippen LogP contribution in [0, 0.1) is 0 Å². The summed E-state index contributed by atoms with van der Waals surface area (Å²) in [6, 6.07) is 18.5. The molecule has 0 unspecified atom stereocenters. The molecule has 0 aliphatic heterocycles. The van der Waals surface area contributed by atoms with Crippen molar-refractivity contribution in [1.29, 1.82) is 0 Å². The molecule has 3 aromatic carbocycles. The van der Waals surface area contributed by atoms with Crippen LogP contribution in [0.1, 0.15) is 36.7 Å². The van der Waals surface area contributed by atoms with Crippen molar-refractivity contribution in [2.45, 2.75) is 26.2 Å². The Hall–Kier alpha value is -3.02. The van der Waals surface area contributed by atoms with Gasteiger partial charge < -0.3 is 14.8 Å². The predicted molar refractivity (Wildman–Crippen MR) is 127 cm³/mol. The molecule has 3 aromatic rings. The van der Waals surface area contributed by atoms with Crippen molar-refractivity contribution in [3.8, 4) is 11.5 Å². The SMILES string of the molecule is CC(C)(C)c1ccc(OCC(=O)Oc2ccc(C(=O)Nc3cc(Cl)ccc3Cl)cc2)cc1. The highest BCUT2D eigenvalue weighted by atomic mass is 35.5. The van der Waals surface area contributed by atoms with Gasteiger partial charge in [-0.25, -0.2) is 4.79 Å². The van der Waals surface area contributed by atoms with Crippen molar-refractivity contribution in [2.75, 3.05) is 11.9 Å². The second-order valence-electron chi connectivity index (χ2n) is 8.14. The van der Waals surface area contributed by atoms with Gasteiger partial charge in [0.25, 0.3) is 5.91 Å². The molecule has 1 N–H and O–H groups in total. The van der Waals surface area contributed by atoms with Gasteiger partial charge in [0.05, 0.1) is 10.7 Å². The molecular formula is C25H23Cl2NO4. The second kappa shape index (κ2) is 10.1. The zero-order chi connectivity index (χ0) is 23.3. The minimum atomic E-state index is -0.548. The lowest BCUT2D eigenvalue weighted by Crippen LogP contribution is -2.18. The average molecular weight is 472 g/mol. The number of rotatable bonds is 6. The maximum absolute atomic E-state index is 12.4. The molecule has 0 saturated heterocycles. The summed E-state index contributed by atoms with van der Waals surface area (Å²) in [6.07, 6.45) is 0. The topological polar surface area (TPSA) is 64.6 Å². The van der Waals surface area contributed by atoms with Crippen molar-refractivity contribution in [3.63, 3.8) is 0 Å². The van der Waals surface area contributed by atoms with Crippen LogP contribution in [-0.4, -0.2) is 18.5 Å². The number of carbonyl (C=O) groups excluding carboxylic acids is 2. The van der Waals surface area contributed by atoms with Crippen molar-refractivity contribution in [2.24, 2.45) is 0 Å². The number of halogens is 2. The molecule has 0 saturated carbocycles. The Kier molecular flexibility index (Phi) is 7.44. The van der Waals surface area contributed by atoms with Crippen LogP contribution in [0.3, 0.4) is 0 Å². The molecule has 0 aliphatic carbocycles. The van der Waals surface area contributed by atoms with Gasteiger partial charge in [-0.3, -0.25) is 4.79 Å². The monoisotopic (exact) mass is 471 g/mol. The van der Waals surface area contributed by atoms with E-state index in [2.05, 4.69) is 26.1 Å². The van der Waals surface area contributed by atoms with Gasteiger partial charge >= 0.3 is 5.97 Å². The quantitative estimate of drug-likeness (QED) is 0.327. The van der Waals surface area contributed by atoms with Gasteiger partial charge in [0, 0.05) is 10.6 Å². The van der Waals surface area contributed by atoms with Crippen LogP contribution < -0.4 is 14.8 Å². The number of amides is 1. The lowest BCUT2D eigenvalue weighted by Gasteiger charge is -2.19. The molecule has 0 radical (unpaired) electrons. The van der Waals surface area contributed by atoms with Gasteiger partial charge in [0.15, 0.2) is 6.61 Å². The van der Waals surface area contributed by atoms with Crippen LogP contribution in [0.5, 0.6) is 11.5 Å². The molecule has 0 bridgehead atoms. The van der Waals surface area contributed by atoms with E-state index < -0.39 is 5.97 Å². The van der Waals surface area contributed by atoms with E-state index in [0.717, 1.165) is 0 Å². The maximum atomic E-state index is 12.4. The number of ether oxygens (including phenoxy) is 2. The highest BCUT2D eigenvalue weighted by Crippen LogP contribution is 2.26. The molecular weight excluding hydrogens is 449 g/mol. The number of benzene rings is 3. The molecule has 7 heteroatoms. The minimum Gasteiger partial charge on any atom is -0.482 e. The molecule has 0 heterocycles. The van der Waals surface area contributed by atoms with E-state index in [4.69, 9.17) is 32.7 Å². The Morgan fingerprint density at radius 2 is 1.50 bits per heavy atom. The Balaban J connectivity index is 1.53. The Morgan fingerprint density at radius 1 is 0.875 bits per heavy atom. The molecule has 0 aliphatic rings. The van der Waals surface area contributed by atoms with Crippen molar-refractivity contribution >= 4 is 40.8 Å². The van der Waals surface area contributed by atoms with Crippen LogP contribution in [0.25, 0.3) is 0 Å². The molecule has 1 amide bonds. The summed E-state index contributed by atoms with van der Waals surface area (Å²) in [7, 11) is 0. The van der Waals surface area contributed by atoms with Crippen LogP contribution >= 0.6 is 23.2 Å². The Labute approximate surface area is 197 Å². The highest BCUT2D eigenvalue weighted by molar-refractivity contribution is 6.35. The average Bonchev–Trinajstić information content (AvgIpc) is 2.75. The molecule has 5 nitrogen and oxygen atoms in total. The van der Waals surface area contributed by atoms with E-state index in [1.807, 2.05) is 24.3 Å². The van der Waals surface area contributed by atoms with Crippen molar-refractivity contribution < 1.29 is 19.1 Å². The molecule has 0 atom stereocenters. The van der Waals surface area contributed by atoms with Crippen LogP contribution in [0.2, 0.25) is 10.0 Å². The summed E-state index contributed by atoms with van der Waals surface area (Å²) in [5, 5.41) is 3.53. The fourth-order valence-corrected chi connectivity index (χ4v) is 3.15. The van der Waals surface area contributed by atoms with Gasteiger partial charge in [0.1, 0.15) is 11.5 Å². The summed E-state index contributed by atoms with van der Waals surface area (Å²) in [5.74, 6) is -0.0254. The van der Waals surface area contributed by atoms with E-state index in [0.29, 0.717) is 32.8 Å². The van der Waals surface area contributed by atoms with Gasteiger partial charge in [-0.15, -0.1) is 0 Å². The molecule has 0 aromatic heterocycles. The van der Waals surface area contributed by atoms with Crippen LogP contribution in [-0.2, 0) is 10.2 Å². The van der Waals surface area contributed by atoms with Crippen molar-refractivity contribution in [3.05, 3.63) is 87.9 Å². The summed E-state index contributed by atoms with van der Waals surface area (Å²) in [5.41, 5.74) is 2.00. The first-order valence-corrected chi connectivity index (χ1v) is 10.7. The summed E-state index contributed by atoms with van der Waals surface area (Å²) >= 11 is 12.0. The smallest absolute Gasteiger partial charge is 0.349 e. The maximum Gasteiger partial charge on any atom is 0.349 e. The number of hydrogen-bond donors (Lipinski definition) is 1.